The van der Waals surface area contributed by atoms with Crippen molar-refractivity contribution < 1.29 is 4.74 Å². The fourth-order valence-corrected chi connectivity index (χ4v) is 1.42. The predicted molar refractivity (Wildman–Crippen MR) is 49.5 cm³/mol. The van der Waals surface area contributed by atoms with E-state index in [1.54, 1.807) is 19.2 Å². The third-order valence-corrected chi connectivity index (χ3v) is 2.26. The number of hydrogen-bond donors (Lipinski definition) is 0. The maximum absolute atomic E-state index is 8.58. The molecule has 0 aliphatic rings. The quantitative estimate of drug-likeness (QED) is 0.520. The summed E-state index contributed by atoms with van der Waals surface area (Å²) in [6, 6.07) is 5.30. The molecule has 0 bridgehead atoms. The smallest absolute Gasteiger partial charge is 0.398 e. The predicted octanol–water partition coefficient (Wildman–Crippen LogP) is 2.90. The second-order valence-electron chi connectivity index (χ2n) is 2.14. The summed E-state index contributed by atoms with van der Waals surface area (Å²) in [6.07, 6.45) is 1.92. The van der Waals surface area contributed by atoms with Gasteiger partial charge in [0.05, 0.1) is 7.11 Å². The Balaban J connectivity index is 3.13. The molecule has 1 rings (SSSR count). The van der Waals surface area contributed by atoms with Crippen molar-refractivity contribution in [2.24, 2.45) is 0 Å². The van der Waals surface area contributed by atoms with Crippen molar-refractivity contribution in [3.8, 4) is 5.75 Å². The highest BCUT2D eigenvalue weighted by molar-refractivity contribution is 7.98. The summed E-state index contributed by atoms with van der Waals surface area (Å²) in [6.45, 7) is 0. The van der Waals surface area contributed by atoms with E-state index >= 15 is 0 Å². The summed E-state index contributed by atoms with van der Waals surface area (Å²) in [5, 5.41) is 8.58. The minimum Gasteiger partial charge on any atom is -0.497 e. The zero-order chi connectivity index (χ0) is 8.97. The maximum Gasteiger partial charge on any atom is 0.398 e. The number of rotatable bonds is 2. The van der Waals surface area contributed by atoms with Crippen molar-refractivity contribution in [1.82, 2.24) is 0 Å². The third kappa shape index (κ3) is 1.69. The first-order chi connectivity index (χ1) is 5.81. The average Bonchev–Trinajstić information content (AvgIpc) is 2.16. The third-order valence-electron chi connectivity index (χ3n) is 1.49. The van der Waals surface area contributed by atoms with Gasteiger partial charge in [-0.2, -0.15) is 0 Å². The molecular weight excluding hydrogens is 172 g/mol. The van der Waals surface area contributed by atoms with Crippen LogP contribution >= 0.6 is 11.8 Å². The Morgan fingerprint density at radius 3 is 2.75 bits per heavy atom. The minimum atomic E-state index is 0.573. The van der Waals surface area contributed by atoms with Crippen LogP contribution in [0.15, 0.2) is 23.1 Å². The fourth-order valence-electron chi connectivity index (χ4n) is 0.868. The Morgan fingerprint density at radius 2 is 2.25 bits per heavy atom. The molecule has 0 atom stereocenters. The van der Waals surface area contributed by atoms with E-state index in [-0.39, 0.29) is 0 Å². The molecule has 0 N–H and O–H groups in total. The number of hydrogen-bond acceptors (Lipinski definition) is 3. The highest BCUT2D eigenvalue weighted by Crippen LogP contribution is 2.31. The number of thioether (sulfide) groups is 1. The second kappa shape index (κ2) is 3.98. The standard InChI is InChI=1S/C8H9N2OS/c1-11-6-3-4-7(10-9)8(5-6)12-2/h3-5H,1-2H3/q+1. The van der Waals surface area contributed by atoms with Gasteiger partial charge in [0.1, 0.15) is 10.6 Å². The number of benzene rings is 1. The minimum absolute atomic E-state index is 0.573. The van der Waals surface area contributed by atoms with E-state index in [2.05, 4.69) is 4.98 Å². The van der Waals surface area contributed by atoms with E-state index in [0.717, 1.165) is 10.6 Å². The van der Waals surface area contributed by atoms with Crippen molar-refractivity contribution in [1.29, 1.82) is 5.39 Å². The van der Waals surface area contributed by atoms with Crippen LogP contribution in [0.5, 0.6) is 5.75 Å². The molecule has 0 saturated carbocycles. The molecule has 4 heteroatoms. The van der Waals surface area contributed by atoms with E-state index in [9.17, 15) is 0 Å². The van der Waals surface area contributed by atoms with Crippen molar-refractivity contribution in [3.05, 3.63) is 23.2 Å². The van der Waals surface area contributed by atoms with Gasteiger partial charge in [-0.05, 0) is 12.3 Å². The van der Waals surface area contributed by atoms with Crippen LogP contribution in [0.4, 0.5) is 5.69 Å². The zero-order valence-corrected chi connectivity index (χ0v) is 7.76. The van der Waals surface area contributed by atoms with E-state index < -0.39 is 0 Å². The Bertz CT molecular complexity index is 319. The summed E-state index contributed by atoms with van der Waals surface area (Å²) in [7, 11) is 1.61. The van der Waals surface area contributed by atoms with E-state index in [1.165, 1.54) is 11.8 Å². The number of methoxy groups -OCH3 is 1. The van der Waals surface area contributed by atoms with E-state index in [0.29, 0.717) is 5.69 Å². The lowest BCUT2D eigenvalue weighted by atomic mass is 10.3. The van der Waals surface area contributed by atoms with Crippen molar-refractivity contribution in [2.75, 3.05) is 13.4 Å². The van der Waals surface area contributed by atoms with Gasteiger partial charge in [-0.15, -0.1) is 11.8 Å². The molecule has 0 aromatic heterocycles. The molecule has 0 aliphatic heterocycles. The van der Waals surface area contributed by atoms with Crippen LogP contribution in [-0.4, -0.2) is 13.4 Å². The Morgan fingerprint density at radius 1 is 1.50 bits per heavy atom. The maximum atomic E-state index is 8.58. The first-order valence-corrected chi connectivity index (χ1v) is 4.61. The first kappa shape index (κ1) is 8.88. The van der Waals surface area contributed by atoms with Crippen LogP contribution in [0.25, 0.3) is 4.98 Å². The van der Waals surface area contributed by atoms with Crippen molar-refractivity contribution >= 4 is 17.4 Å². The van der Waals surface area contributed by atoms with Crippen LogP contribution in [-0.2, 0) is 0 Å². The average molecular weight is 181 g/mol. The van der Waals surface area contributed by atoms with Crippen molar-refractivity contribution in [3.63, 3.8) is 0 Å². The Hall–Kier alpha value is -1.21. The van der Waals surface area contributed by atoms with Gasteiger partial charge in [0.2, 0.25) is 5.39 Å². The molecule has 1 aromatic carbocycles. The molecule has 0 amide bonds. The molecule has 0 unspecified atom stereocenters. The molecule has 0 saturated heterocycles. The monoisotopic (exact) mass is 181 g/mol. The first-order valence-electron chi connectivity index (χ1n) is 3.39. The zero-order valence-electron chi connectivity index (χ0n) is 6.94. The van der Waals surface area contributed by atoms with E-state index in [4.69, 9.17) is 10.1 Å². The van der Waals surface area contributed by atoms with Gasteiger partial charge in [-0.3, -0.25) is 0 Å². The molecule has 0 spiro atoms. The van der Waals surface area contributed by atoms with Gasteiger partial charge in [0.25, 0.3) is 0 Å². The molecular formula is C8H9N2OS+. The molecule has 0 fully saturated rings. The van der Waals surface area contributed by atoms with Crippen LogP contribution in [0.2, 0.25) is 0 Å². The van der Waals surface area contributed by atoms with Crippen LogP contribution in [0.3, 0.4) is 0 Å². The highest BCUT2D eigenvalue weighted by atomic mass is 32.2. The molecule has 3 nitrogen and oxygen atoms in total. The highest BCUT2D eigenvalue weighted by Gasteiger charge is 2.12. The van der Waals surface area contributed by atoms with Crippen LogP contribution < -0.4 is 4.74 Å². The topological polar surface area (TPSA) is 37.4 Å². The van der Waals surface area contributed by atoms with Crippen LogP contribution in [0.1, 0.15) is 0 Å². The lowest BCUT2D eigenvalue weighted by molar-refractivity contribution is 0.414. The fraction of sp³-hybridized carbons (Fsp3) is 0.250. The van der Waals surface area contributed by atoms with Gasteiger partial charge in [-0.1, -0.05) is 0 Å². The van der Waals surface area contributed by atoms with Gasteiger partial charge in [0, 0.05) is 12.1 Å². The number of nitrogens with zero attached hydrogens (tertiary/aromatic N) is 2. The second-order valence-corrected chi connectivity index (χ2v) is 2.99. The normalized spacial score (nSPS) is 9.08. The SMILES string of the molecule is COc1ccc([N+]#N)c(SC)c1. The molecule has 0 radical (unpaired) electrons. The summed E-state index contributed by atoms with van der Waals surface area (Å²) >= 11 is 1.52. The summed E-state index contributed by atoms with van der Waals surface area (Å²) in [5.41, 5.74) is 0.573. The number of ether oxygens (including phenoxy) is 1. The van der Waals surface area contributed by atoms with Gasteiger partial charge in [0.15, 0.2) is 4.98 Å². The largest absolute Gasteiger partial charge is 0.497 e. The summed E-state index contributed by atoms with van der Waals surface area (Å²) in [5.74, 6) is 0.770. The van der Waals surface area contributed by atoms with E-state index in [1.807, 2.05) is 12.3 Å². The summed E-state index contributed by atoms with van der Waals surface area (Å²) in [4.78, 5) is 4.04. The summed E-state index contributed by atoms with van der Waals surface area (Å²) < 4.78 is 5.02. The van der Waals surface area contributed by atoms with Crippen LogP contribution in [0, 0.1) is 5.39 Å². The molecule has 62 valence electrons. The molecule has 0 aliphatic carbocycles. The van der Waals surface area contributed by atoms with Gasteiger partial charge < -0.3 is 4.74 Å². The lowest BCUT2D eigenvalue weighted by Crippen LogP contribution is -1.82. The van der Waals surface area contributed by atoms with Crippen molar-refractivity contribution in [2.45, 2.75) is 4.90 Å². The van der Waals surface area contributed by atoms with Gasteiger partial charge >= 0.3 is 5.69 Å². The Labute approximate surface area is 75.4 Å². The lowest BCUT2D eigenvalue weighted by Gasteiger charge is -1.98. The number of diazo groups is 1. The molecule has 0 heterocycles. The molecule has 12 heavy (non-hydrogen) atoms. The Kier molecular flexibility index (Phi) is 2.94. The molecule has 1 aromatic rings. The van der Waals surface area contributed by atoms with Gasteiger partial charge in [-0.25, -0.2) is 0 Å².